The van der Waals surface area contributed by atoms with Crippen LogP contribution in [-0.4, -0.2) is 41.6 Å². The van der Waals surface area contributed by atoms with Crippen LogP contribution in [0.4, 0.5) is 24.9 Å². The summed E-state index contributed by atoms with van der Waals surface area (Å²) in [5, 5.41) is 7.96. The standard InChI is InChI=1S/C25H31F3N6/c1-16-18(10-13-22(30-16)25(26,27)28)15-29-14-17-8-11-19(12-9-17)31-24-32-21-7-5-4-6-20(21)23(33-24)34(2)3/h4-7,10,13,17,19,29H,8-9,11-12,14-15H2,1-3H3,(H,31,32,33)/t17-,19+. The Morgan fingerprint density at radius 1 is 0.971 bits per heavy atom. The lowest BCUT2D eigenvalue weighted by Gasteiger charge is -2.29. The molecule has 2 N–H and O–H groups in total. The monoisotopic (exact) mass is 472 g/mol. The van der Waals surface area contributed by atoms with Crippen molar-refractivity contribution in [2.75, 3.05) is 30.9 Å². The van der Waals surface area contributed by atoms with E-state index in [-0.39, 0.29) is 0 Å². The fraction of sp³-hybridized carbons (Fsp3) is 0.480. The summed E-state index contributed by atoms with van der Waals surface area (Å²) in [7, 11) is 3.97. The van der Waals surface area contributed by atoms with Gasteiger partial charge in [-0.05, 0) is 68.8 Å². The first-order chi connectivity index (χ1) is 16.2. The first kappa shape index (κ1) is 24.2. The van der Waals surface area contributed by atoms with E-state index < -0.39 is 11.9 Å². The highest BCUT2D eigenvalue weighted by Crippen LogP contribution is 2.29. The van der Waals surface area contributed by atoms with Crippen LogP contribution >= 0.6 is 0 Å². The molecule has 34 heavy (non-hydrogen) atoms. The van der Waals surface area contributed by atoms with Crippen molar-refractivity contribution >= 4 is 22.7 Å². The quantitative estimate of drug-likeness (QED) is 0.494. The Balaban J connectivity index is 1.27. The number of anilines is 2. The normalized spacial score (nSPS) is 18.8. The molecule has 182 valence electrons. The topological polar surface area (TPSA) is 66.0 Å². The van der Waals surface area contributed by atoms with Crippen LogP contribution in [0.5, 0.6) is 0 Å². The Bertz CT molecular complexity index is 1120. The molecule has 0 amide bonds. The number of aromatic nitrogens is 3. The van der Waals surface area contributed by atoms with Gasteiger partial charge in [0.15, 0.2) is 0 Å². The number of rotatable bonds is 7. The van der Waals surface area contributed by atoms with Crippen LogP contribution in [0.3, 0.4) is 0 Å². The van der Waals surface area contributed by atoms with E-state index in [0.717, 1.165) is 60.6 Å². The predicted molar refractivity (Wildman–Crippen MR) is 129 cm³/mol. The zero-order chi connectivity index (χ0) is 24.3. The van der Waals surface area contributed by atoms with Gasteiger partial charge in [0.1, 0.15) is 11.5 Å². The second-order valence-electron chi connectivity index (χ2n) is 9.21. The van der Waals surface area contributed by atoms with Gasteiger partial charge < -0.3 is 15.5 Å². The van der Waals surface area contributed by atoms with E-state index in [1.807, 2.05) is 43.3 Å². The number of pyridine rings is 1. The second-order valence-corrected chi connectivity index (χ2v) is 9.21. The SMILES string of the molecule is Cc1nc(C(F)(F)F)ccc1CNC[C@H]1CC[C@@H](Nc2nc(N(C)C)c3ccccc3n2)CC1. The Labute approximate surface area is 198 Å². The van der Waals surface area contributed by atoms with Crippen molar-refractivity contribution in [3.05, 3.63) is 53.3 Å². The molecule has 0 radical (unpaired) electrons. The number of fused-ring (bicyclic) bond motifs is 1. The van der Waals surface area contributed by atoms with Crippen LogP contribution in [0.2, 0.25) is 0 Å². The maximum Gasteiger partial charge on any atom is 0.433 e. The maximum atomic E-state index is 12.8. The number of hydrogen-bond donors (Lipinski definition) is 2. The summed E-state index contributed by atoms with van der Waals surface area (Å²) < 4.78 is 38.4. The molecule has 1 aliphatic rings. The molecule has 2 aromatic heterocycles. The maximum absolute atomic E-state index is 12.8. The summed E-state index contributed by atoms with van der Waals surface area (Å²) in [6.45, 7) is 2.98. The summed E-state index contributed by atoms with van der Waals surface area (Å²) in [6.07, 6.45) is -0.206. The van der Waals surface area contributed by atoms with Crippen molar-refractivity contribution in [1.29, 1.82) is 0 Å². The molecular weight excluding hydrogens is 441 g/mol. The second kappa shape index (κ2) is 10.1. The summed E-state index contributed by atoms with van der Waals surface area (Å²) in [6, 6.07) is 10.9. The lowest BCUT2D eigenvalue weighted by Crippen LogP contribution is -2.31. The zero-order valence-electron chi connectivity index (χ0n) is 19.8. The van der Waals surface area contributed by atoms with E-state index in [4.69, 9.17) is 9.97 Å². The van der Waals surface area contributed by atoms with Crippen LogP contribution < -0.4 is 15.5 Å². The number of aryl methyl sites for hydroxylation is 1. The molecule has 6 nitrogen and oxygen atoms in total. The van der Waals surface area contributed by atoms with E-state index in [1.165, 1.54) is 6.07 Å². The highest BCUT2D eigenvalue weighted by molar-refractivity contribution is 5.90. The molecule has 0 aliphatic heterocycles. The smallest absolute Gasteiger partial charge is 0.362 e. The number of nitrogens with zero attached hydrogens (tertiary/aromatic N) is 4. The molecule has 3 aromatic rings. The Hall–Kier alpha value is -2.94. The fourth-order valence-corrected chi connectivity index (χ4v) is 4.50. The van der Waals surface area contributed by atoms with Crippen LogP contribution in [0.15, 0.2) is 36.4 Å². The fourth-order valence-electron chi connectivity index (χ4n) is 4.50. The van der Waals surface area contributed by atoms with Gasteiger partial charge in [-0.15, -0.1) is 0 Å². The molecule has 0 bridgehead atoms. The van der Waals surface area contributed by atoms with Crippen molar-refractivity contribution in [2.45, 2.75) is 51.4 Å². The molecule has 1 aliphatic carbocycles. The third-order valence-electron chi connectivity index (χ3n) is 6.42. The van der Waals surface area contributed by atoms with Gasteiger partial charge in [-0.2, -0.15) is 18.2 Å². The average Bonchev–Trinajstić information content (AvgIpc) is 2.80. The number of hydrogen-bond acceptors (Lipinski definition) is 6. The molecule has 0 spiro atoms. The molecule has 0 unspecified atom stereocenters. The van der Waals surface area contributed by atoms with E-state index in [2.05, 4.69) is 15.6 Å². The molecular formula is C25H31F3N6. The van der Waals surface area contributed by atoms with E-state index >= 15 is 0 Å². The van der Waals surface area contributed by atoms with Crippen molar-refractivity contribution in [2.24, 2.45) is 5.92 Å². The lowest BCUT2D eigenvalue weighted by atomic mass is 9.86. The number of nitrogens with one attached hydrogen (secondary N) is 2. The van der Waals surface area contributed by atoms with E-state index in [1.54, 1.807) is 6.92 Å². The van der Waals surface area contributed by atoms with Gasteiger partial charge in [0.05, 0.1) is 5.52 Å². The molecule has 2 heterocycles. The van der Waals surface area contributed by atoms with Gasteiger partial charge in [0.2, 0.25) is 5.95 Å². The summed E-state index contributed by atoms with van der Waals surface area (Å²) in [4.78, 5) is 15.2. The summed E-state index contributed by atoms with van der Waals surface area (Å²) >= 11 is 0. The number of benzene rings is 1. The molecule has 1 fully saturated rings. The van der Waals surface area contributed by atoms with Crippen LogP contribution in [0, 0.1) is 12.8 Å². The zero-order valence-corrected chi connectivity index (χ0v) is 19.8. The highest BCUT2D eigenvalue weighted by Gasteiger charge is 2.32. The number of halogens is 3. The van der Waals surface area contributed by atoms with Crippen molar-refractivity contribution in [3.8, 4) is 0 Å². The minimum absolute atomic E-state index is 0.328. The molecule has 1 saturated carbocycles. The van der Waals surface area contributed by atoms with Gasteiger partial charge in [-0.3, -0.25) is 0 Å². The molecule has 4 rings (SSSR count). The largest absolute Gasteiger partial charge is 0.433 e. The Morgan fingerprint density at radius 3 is 2.38 bits per heavy atom. The van der Waals surface area contributed by atoms with Crippen molar-refractivity contribution in [1.82, 2.24) is 20.3 Å². The molecule has 9 heteroatoms. The van der Waals surface area contributed by atoms with Crippen molar-refractivity contribution < 1.29 is 13.2 Å². The number of para-hydroxylation sites is 1. The Morgan fingerprint density at radius 2 is 1.71 bits per heavy atom. The van der Waals surface area contributed by atoms with Crippen LogP contribution in [-0.2, 0) is 12.7 Å². The molecule has 1 aromatic carbocycles. The van der Waals surface area contributed by atoms with E-state index in [9.17, 15) is 13.2 Å². The minimum Gasteiger partial charge on any atom is -0.362 e. The summed E-state index contributed by atoms with van der Waals surface area (Å²) in [5.74, 6) is 2.10. The first-order valence-corrected chi connectivity index (χ1v) is 11.7. The number of alkyl halides is 3. The van der Waals surface area contributed by atoms with Gasteiger partial charge in [-0.1, -0.05) is 18.2 Å². The summed E-state index contributed by atoms with van der Waals surface area (Å²) in [5.41, 5.74) is 1.30. The average molecular weight is 473 g/mol. The third-order valence-corrected chi connectivity index (χ3v) is 6.42. The van der Waals surface area contributed by atoms with Gasteiger partial charge in [-0.25, -0.2) is 9.97 Å². The predicted octanol–water partition coefficient (Wildman–Crippen LogP) is 5.18. The minimum atomic E-state index is -4.41. The van der Waals surface area contributed by atoms with Crippen molar-refractivity contribution in [3.63, 3.8) is 0 Å². The lowest BCUT2D eigenvalue weighted by molar-refractivity contribution is -0.141. The van der Waals surface area contributed by atoms with Crippen LogP contribution in [0.25, 0.3) is 10.9 Å². The van der Waals surface area contributed by atoms with Gasteiger partial charge in [0.25, 0.3) is 0 Å². The first-order valence-electron chi connectivity index (χ1n) is 11.7. The Kier molecular flexibility index (Phi) is 7.21. The van der Waals surface area contributed by atoms with E-state index in [0.29, 0.717) is 30.1 Å². The molecule has 0 saturated heterocycles. The third kappa shape index (κ3) is 5.75. The highest BCUT2D eigenvalue weighted by atomic mass is 19.4. The van der Waals surface area contributed by atoms with Gasteiger partial charge in [0, 0.05) is 37.8 Å². The van der Waals surface area contributed by atoms with Gasteiger partial charge >= 0.3 is 6.18 Å². The molecule has 0 atom stereocenters. The van der Waals surface area contributed by atoms with Crippen LogP contribution in [0.1, 0.15) is 42.6 Å².